The number of hydrogen-bond acceptors (Lipinski definition) is 3. The Kier molecular flexibility index (Phi) is 10.8. The van der Waals surface area contributed by atoms with Gasteiger partial charge in [0.05, 0.1) is 5.92 Å². The van der Waals surface area contributed by atoms with Gasteiger partial charge in [0.15, 0.2) is 0 Å². The van der Waals surface area contributed by atoms with Crippen LogP contribution in [0.15, 0.2) is 0 Å². The molecule has 20 heavy (non-hydrogen) atoms. The average Bonchev–Trinajstić information content (AvgIpc) is 2.37. The summed E-state index contributed by atoms with van der Waals surface area (Å²) in [6.45, 7) is 5.44. The third-order valence-corrected chi connectivity index (χ3v) is 2.92. The van der Waals surface area contributed by atoms with E-state index >= 15 is 0 Å². The first-order valence-corrected chi connectivity index (χ1v) is 7.20. The molecule has 0 spiro atoms. The molecule has 2 amide bonds. The molecule has 0 aromatic heterocycles. The minimum atomic E-state index is -0.862. The van der Waals surface area contributed by atoms with Crippen LogP contribution in [0, 0.1) is 11.8 Å². The standard InChI is InChI=1S/C14H28N2O4/c1-11(2)9-12(13(17)18)10-16-14(19)15-7-5-4-6-8-20-3/h11-12H,4-10H2,1-3H3,(H,17,18)(H2,15,16,19). The Balaban J connectivity index is 3.71. The number of carbonyl (C=O) groups is 2. The quantitative estimate of drug-likeness (QED) is 0.506. The summed E-state index contributed by atoms with van der Waals surface area (Å²) in [4.78, 5) is 22.5. The van der Waals surface area contributed by atoms with Crippen molar-refractivity contribution in [1.29, 1.82) is 0 Å². The zero-order chi connectivity index (χ0) is 15.4. The van der Waals surface area contributed by atoms with Gasteiger partial charge in [-0.25, -0.2) is 4.79 Å². The van der Waals surface area contributed by atoms with Crippen LogP contribution in [-0.4, -0.2) is 43.9 Å². The van der Waals surface area contributed by atoms with Crippen LogP contribution in [0.1, 0.15) is 39.5 Å². The van der Waals surface area contributed by atoms with Crippen molar-refractivity contribution in [2.24, 2.45) is 11.8 Å². The molecule has 6 nitrogen and oxygen atoms in total. The molecule has 0 aliphatic carbocycles. The van der Waals surface area contributed by atoms with Gasteiger partial charge in [0.1, 0.15) is 0 Å². The lowest BCUT2D eigenvalue weighted by Crippen LogP contribution is -2.40. The van der Waals surface area contributed by atoms with E-state index in [1.54, 1.807) is 7.11 Å². The highest BCUT2D eigenvalue weighted by molar-refractivity contribution is 5.75. The molecule has 6 heteroatoms. The molecule has 0 aromatic rings. The second kappa shape index (κ2) is 11.5. The number of carboxylic acid groups (broad SMARTS) is 1. The highest BCUT2D eigenvalue weighted by Crippen LogP contribution is 2.10. The minimum Gasteiger partial charge on any atom is -0.481 e. The molecule has 118 valence electrons. The molecule has 0 aliphatic rings. The van der Waals surface area contributed by atoms with Crippen molar-refractivity contribution in [2.45, 2.75) is 39.5 Å². The Labute approximate surface area is 121 Å². The largest absolute Gasteiger partial charge is 0.481 e. The summed E-state index contributed by atoms with van der Waals surface area (Å²) in [6.07, 6.45) is 3.44. The minimum absolute atomic E-state index is 0.170. The number of amides is 2. The maximum absolute atomic E-state index is 11.5. The third kappa shape index (κ3) is 10.6. The van der Waals surface area contributed by atoms with Gasteiger partial charge in [-0.1, -0.05) is 13.8 Å². The first-order valence-electron chi connectivity index (χ1n) is 7.20. The summed E-state index contributed by atoms with van der Waals surface area (Å²) >= 11 is 0. The second-order valence-corrected chi connectivity index (χ2v) is 5.35. The monoisotopic (exact) mass is 288 g/mol. The number of rotatable bonds is 11. The van der Waals surface area contributed by atoms with Crippen molar-refractivity contribution in [3.8, 4) is 0 Å². The lowest BCUT2D eigenvalue weighted by molar-refractivity contribution is -0.142. The summed E-state index contributed by atoms with van der Waals surface area (Å²) in [5, 5.41) is 14.4. The topological polar surface area (TPSA) is 87.7 Å². The number of aliphatic carboxylic acids is 1. The predicted octanol–water partition coefficient (Wildman–Crippen LogP) is 1.85. The molecule has 1 atom stereocenters. The molecular formula is C14H28N2O4. The number of ether oxygens (including phenoxy) is 1. The Morgan fingerprint density at radius 3 is 2.40 bits per heavy atom. The van der Waals surface area contributed by atoms with Gasteiger partial charge in [-0.3, -0.25) is 4.79 Å². The Morgan fingerprint density at radius 2 is 1.85 bits per heavy atom. The summed E-state index contributed by atoms with van der Waals surface area (Å²) in [7, 11) is 1.67. The van der Waals surface area contributed by atoms with E-state index in [4.69, 9.17) is 9.84 Å². The fourth-order valence-electron chi connectivity index (χ4n) is 1.87. The van der Waals surface area contributed by atoms with Crippen molar-refractivity contribution < 1.29 is 19.4 Å². The molecule has 0 saturated carbocycles. The molecular weight excluding hydrogens is 260 g/mol. The van der Waals surface area contributed by atoms with Crippen LogP contribution >= 0.6 is 0 Å². The van der Waals surface area contributed by atoms with Crippen molar-refractivity contribution >= 4 is 12.0 Å². The fraction of sp³-hybridized carbons (Fsp3) is 0.857. The molecule has 0 aliphatic heterocycles. The van der Waals surface area contributed by atoms with Gasteiger partial charge in [-0.2, -0.15) is 0 Å². The van der Waals surface area contributed by atoms with E-state index in [2.05, 4.69) is 10.6 Å². The number of methoxy groups -OCH3 is 1. The van der Waals surface area contributed by atoms with E-state index in [0.29, 0.717) is 18.9 Å². The van der Waals surface area contributed by atoms with Crippen LogP contribution in [0.4, 0.5) is 4.79 Å². The van der Waals surface area contributed by atoms with Gasteiger partial charge in [0, 0.05) is 26.8 Å². The molecule has 0 aromatic carbocycles. The lowest BCUT2D eigenvalue weighted by Gasteiger charge is -2.15. The van der Waals surface area contributed by atoms with Gasteiger partial charge < -0.3 is 20.5 Å². The number of nitrogens with one attached hydrogen (secondary N) is 2. The maximum atomic E-state index is 11.5. The second-order valence-electron chi connectivity index (χ2n) is 5.35. The highest BCUT2D eigenvalue weighted by atomic mass is 16.5. The van der Waals surface area contributed by atoms with Gasteiger partial charge in [0.25, 0.3) is 0 Å². The number of carbonyl (C=O) groups excluding carboxylic acids is 1. The fourth-order valence-corrected chi connectivity index (χ4v) is 1.87. The van der Waals surface area contributed by atoms with Gasteiger partial charge in [-0.15, -0.1) is 0 Å². The van der Waals surface area contributed by atoms with Gasteiger partial charge in [-0.05, 0) is 31.6 Å². The van der Waals surface area contributed by atoms with Crippen molar-refractivity contribution in [3.63, 3.8) is 0 Å². The van der Waals surface area contributed by atoms with Crippen LogP contribution in [0.3, 0.4) is 0 Å². The number of urea groups is 1. The molecule has 0 saturated heterocycles. The molecule has 0 radical (unpaired) electrons. The van der Waals surface area contributed by atoms with Crippen molar-refractivity contribution in [3.05, 3.63) is 0 Å². The summed E-state index contributed by atoms with van der Waals surface area (Å²) in [5.74, 6) is -1.09. The van der Waals surface area contributed by atoms with E-state index in [1.165, 1.54) is 0 Å². The third-order valence-electron chi connectivity index (χ3n) is 2.92. The van der Waals surface area contributed by atoms with E-state index in [1.807, 2.05) is 13.8 Å². The summed E-state index contributed by atoms with van der Waals surface area (Å²) in [5.41, 5.74) is 0. The SMILES string of the molecule is COCCCCCNC(=O)NCC(CC(C)C)C(=O)O. The Morgan fingerprint density at radius 1 is 1.15 bits per heavy atom. The summed E-state index contributed by atoms with van der Waals surface area (Å²) < 4.78 is 4.93. The average molecular weight is 288 g/mol. The van der Waals surface area contributed by atoms with Crippen LogP contribution in [0.2, 0.25) is 0 Å². The van der Waals surface area contributed by atoms with Crippen LogP contribution < -0.4 is 10.6 Å². The van der Waals surface area contributed by atoms with E-state index < -0.39 is 11.9 Å². The number of hydrogen-bond donors (Lipinski definition) is 3. The zero-order valence-corrected chi connectivity index (χ0v) is 12.8. The van der Waals surface area contributed by atoms with E-state index in [9.17, 15) is 9.59 Å². The van der Waals surface area contributed by atoms with Crippen molar-refractivity contribution in [2.75, 3.05) is 26.8 Å². The van der Waals surface area contributed by atoms with Gasteiger partial charge >= 0.3 is 12.0 Å². The van der Waals surface area contributed by atoms with Crippen LogP contribution in [0.5, 0.6) is 0 Å². The Hall–Kier alpha value is -1.30. The Bertz CT molecular complexity index is 282. The smallest absolute Gasteiger partial charge is 0.314 e. The molecule has 0 bridgehead atoms. The molecule has 3 N–H and O–H groups in total. The molecule has 0 heterocycles. The number of unbranched alkanes of at least 4 members (excludes halogenated alkanes) is 2. The van der Waals surface area contributed by atoms with Crippen molar-refractivity contribution in [1.82, 2.24) is 10.6 Å². The van der Waals surface area contributed by atoms with E-state index in [-0.39, 0.29) is 12.6 Å². The van der Waals surface area contributed by atoms with Crippen LogP contribution in [0.25, 0.3) is 0 Å². The first kappa shape index (κ1) is 18.7. The molecule has 0 rings (SSSR count). The van der Waals surface area contributed by atoms with Crippen LogP contribution in [-0.2, 0) is 9.53 Å². The first-order chi connectivity index (χ1) is 9.47. The highest BCUT2D eigenvalue weighted by Gasteiger charge is 2.19. The molecule has 0 fully saturated rings. The predicted molar refractivity (Wildman–Crippen MR) is 77.7 cm³/mol. The zero-order valence-electron chi connectivity index (χ0n) is 12.8. The molecule has 1 unspecified atom stereocenters. The van der Waals surface area contributed by atoms with Gasteiger partial charge in [0.2, 0.25) is 0 Å². The maximum Gasteiger partial charge on any atom is 0.314 e. The normalized spacial score (nSPS) is 12.2. The lowest BCUT2D eigenvalue weighted by atomic mass is 9.97. The van der Waals surface area contributed by atoms with E-state index in [0.717, 1.165) is 25.9 Å². The number of carboxylic acids is 1. The summed E-state index contributed by atoms with van der Waals surface area (Å²) in [6, 6.07) is -0.299.